The van der Waals surface area contributed by atoms with Gasteiger partial charge in [0.1, 0.15) is 0 Å². The van der Waals surface area contributed by atoms with E-state index in [9.17, 15) is 4.79 Å². The van der Waals surface area contributed by atoms with Crippen molar-refractivity contribution in [1.29, 1.82) is 0 Å². The van der Waals surface area contributed by atoms with Crippen molar-refractivity contribution in [3.63, 3.8) is 0 Å². The van der Waals surface area contributed by atoms with Gasteiger partial charge in [-0.15, -0.1) is 0 Å². The molecule has 0 aliphatic heterocycles. The first kappa shape index (κ1) is 16.0. The van der Waals surface area contributed by atoms with Crippen LogP contribution in [0.5, 0.6) is 0 Å². The molecule has 2 nitrogen and oxygen atoms in total. The van der Waals surface area contributed by atoms with E-state index in [-0.39, 0.29) is 10.8 Å². The summed E-state index contributed by atoms with van der Waals surface area (Å²) in [5, 5.41) is -0.307. The number of fused-ring (bicyclic) bond motifs is 3. The van der Waals surface area contributed by atoms with E-state index in [2.05, 4.69) is 24.3 Å². The van der Waals surface area contributed by atoms with Crippen molar-refractivity contribution in [2.45, 2.75) is 68.8 Å². The zero-order valence-corrected chi connectivity index (χ0v) is 14.5. The molecule has 2 bridgehead atoms. The first-order valence-corrected chi connectivity index (χ1v) is 8.58. The van der Waals surface area contributed by atoms with Crippen LogP contribution in [0.4, 0.5) is 0 Å². The van der Waals surface area contributed by atoms with Crippen molar-refractivity contribution in [1.82, 2.24) is 0 Å². The van der Waals surface area contributed by atoms with Crippen LogP contribution in [-0.2, 0) is 20.4 Å². The number of halogens is 1. The average molecular weight is 321 g/mol. The van der Waals surface area contributed by atoms with Gasteiger partial charge in [-0.2, -0.15) is 0 Å². The van der Waals surface area contributed by atoms with E-state index in [1.54, 1.807) is 0 Å². The van der Waals surface area contributed by atoms with Gasteiger partial charge in [0.05, 0.1) is 11.0 Å². The number of carbonyl (C=O) groups is 1. The van der Waals surface area contributed by atoms with Gasteiger partial charge in [0, 0.05) is 7.11 Å². The number of benzene rings is 1. The zero-order valence-electron chi connectivity index (χ0n) is 13.7. The maximum absolute atomic E-state index is 11.6. The average Bonchev–Trinajstić information content (AvgIpc) is 2.56. The van der Waals surface area contributed by atoms with Crippen molar-refractivity contribution in [3.8, 4) is 0 Å². The summed E-state index contributed by atoms with van der Waals surface area (Å²) in [5.41, 5.74) is 2.24. The molecule has 0 radical (unpaired) electrons. The van der Waals surface area contributed by atoms with Crippen LogP contribution < -0.4 is 0 Å². The monoisotopic (exact) mass is 320 g/mol. The molecule has 0 spiro atoms. The Morgan fingerprint density at radius 1 is 1.05 bits per heavy atom. The minimum absolute atomic E-state index is 0.148. The zero-order chi connectivity index (χ0) is 16.0. The molecule has 0 amide bonds. The minimum atomic E-state index is -0.623. The van der Waals surface area contributed by atoms with Crippen LogP contribution in [0.15, 0.2) is 24.3 Å². The maximum Gasteiger partial charge on any atom is 0.231 e. The van der Waals surface area contributed by atoms with Crippen LogP contribution >= 0.6 is 11.6 Å². The molecule has 3 aliphatic rings. The van der Waals surface area contributed by atoms with Crippen LogP contribution in [0.3, 0.4) is 0 Å². The summed E-state index contributed by atoms with van der Waals surface area (Å²) < 4.78 is 5.78. The first-order valence-electron chi connectivity index (χ1n) is 8.20. The van der Waals surface area contributed by atoms with Gasteiger partial charge in [0.25, 0.3) is 0 Å². The number of rotatable bonds is 4. The van der Waals surface area contributed by atoms with Gasteiger partial charge in [-0.25, -0.2) is 0 Å². The fourth-order valence-electron chi connectivity index (χ4n) is 4.24. The fourth-order valence-corrected chi connectivity index (χ4v) is 4.35. The predicted octanol–water partition coefficient (Wildman–Crippen LogP) is 4.72. The van der Waals surface area contributed by atoms with Gasteiger partial charge in [-0.05, 0) is 80.5 Å². The Morgan fingerprint density at radius 2 is 1.55 bits per heavy atom. The highest BCUT2D eigenvalue weighted by Gasteiger charge is 2.49. The predicted molar refractivity (Wildman–Crippen MR) is 89.4 cm³/mol. The molecule has 0 N–H and O–H groups in total. The molecule has 1 aromatic carbocycles. The second-order valence-electron chi connectivity index (χ2n) is 7.64. The van der Waals surface area contributed by atoms with Gasteiger partial charge >= 0.3 is 0 Å². The van der Waals surface area contributed by atoms with Crippen molar-refractivity contribution in [2.24, 2.45) is 0 Å². The molecule has 22 heavy (non-hydrogen) atoms. The Morgan fingerprint density at radius 3 is 1.95 bits per heavy atom. The van der Waals surface area contributed by atoms with E-state index in [4.69, 9.17) is 16.3 Å². The summed E-state index contributed by atoms with van der Waals surface area (Å²) in [6.07, 6.45) is 7.11. The van der Waals surface area contributed by atoms with Crippen LogP contribution in [0.25, 0.3) is 0 Å². The summed E-state index contributed by atoms with van der Waals surface area (Å²) in [6, 6.07) is 8.58. The first-order chi connectivity index (χ1) is 10.3. The third-order valence-electron chi connectivity index (χ3n) is 6.32. The van der Waals surface area contributed by atoms with Crippen LogP contribution in [0, 0.1) is 0 Å². The molecule has 3 saturated carbocycles. The van der Waals surface area contributed by atoms with Gasteiger partial charge in [-0.1, -0.05) is 24.3 Å². The van der Waals surface area contributed by atoms with Crippen molar-refractivity contribution in [3.05, 3.63) is 35.4 Å². The van der Waals surface area contributed by atoms with Crippen LogP contribution in [0.2, 0.25) is 0 Å². The number of methoxy groups -OCH3 is 1. The molecule has 0 heterocycles. The highest BCUT2D eigenvalue weighted by Crippen LogP contribution is 2.54. The molecule has 3 aliphatic carbocycles. The second kappa shape index (κ2) is 5.35. The van der Waals surface area contributed by atoms with E-state index < -0.39 is 5.41 Å². The molecule has 4 rings (SSSR count). The molecule has 0 atom stereocenters. The Bertz CT molecular complexity index is 549. The third-order valence-corrected chi connectivity index (χ3v) is 6.79. The Kier molecular flexibility index (Phi) is 3.89. The minimum Gasteiger partial charge on any atom is -0.378 e. The van der Waals surface area contributed by atoms with Gasteiger partial charge in [-0.3, -0.25) is 4.79 Å². The summed E-state index contributed by atoms with van der Waals surface area (Å²) in [5.74, 6) is 0. The normalized spacial score (nSPS) is 31.3. The lowest BCUT2D eigenvalue weighted by molar-refractivity contribution is -0.115. The standard InChI is InChI=1S/C19H25ClO2/c1-17(2,16(20)21)14-4-6-15(7-5-14)18-8-11-19(22-3,12-9-18)13-10-18/h4-7H,8-13H2,1-3H3. The molecule has 0 unspecified atom stereocenters. The molecule has 0 saturated heterocycles. The van der Waals surface area contributed by atoms with E-state index >= 15 is 0 Å². The molecule has 3 fully saturated rings. The Hall–Kier alpha value is -0.860. The van der Waals surface area contributed by atoms with Gasteiger partial charge in [0.15, 0.2) is 0 Å². The third kappa shape index (κ3) is 2.41. The molecular formula is C19H25ClO2. The lowest BCUT2D eigenvalue weighted by Gasteiger charge is -2.53. The highest BCUT2D eigenvalue weighted by atomic mass is 35.5. The molecule has 0 aromatic heterocycles. The largest absolute Gasteiger partial charge is 0.378 e. The Labute approximate surface area is 138 Å². The van der Waals surface area contributed by atoms with Crippen LogP contribution in [-0.4, -0.2) is 18.0 Å². The molecule has 3 heteroatoms. The lowest BCUT2D eigenvalue weighted by Crippen LogP contribution is -2.49. The lowest BCUT2D eigenvalue weighted by atomic mass is 9.56. The second-order valence-corrected chi connectivity index (χ2v) is 7.99. The van der Waals surface area contributed by atoms with E-state index in [1.807, 2.05) is 21.0 Å². The summed E-state index contributed by atoms with van der Waals surface area (Å²) in [4.78, 5) is 11.6. The van der Waals surface area contributed by atoms with E-state index in [1.165, 1.54) is 24.8 Å². The van der Waals surface area contributed by atoms with Crippen molar-refractivity contribution < 1.29 is 9.53 Å². The summed E-state index contributed by atoms with van der Waals surface area (Å²) in [7, 11) is 1.86. The summed E-state index contributed by atoms with van der Waals surface area (Å²) >= 11 is 5.73. The van der Waals surface area contributed by atoms with E-state index in [0.717, 1.165) is 24.8 Å². The number of ether oxygens (including phenoxy) is 1. The molecule has 1 aromatic rings. The number of hydrogen-bond donors (Lipinski definition) is 0. The van der Waals surface area contributed by atoms with Crippen LogP contribution in [0.1, 0.15) is 63.5 Å². The number of carbonyl (C=O) groups excluding carboxylic acids is 1. The molecule has 120 valence electrons. The SMILES string of the molecule is COC12CCC(c3ccc(C(C)(C)C(=O)Cl)cc3)(CC1)CC2. The van der Waals surface area contributed by atoms with E-state index in [0.29, 0.717) is 5.41 Å². The smallest absolute Gasteiger partial charge is 0.231 e. The van der Waals surface area contributed by atoms with Gasteiger partial charge in [0.2, 0.25) is 5.24 Å². The van der Waals surface area contributed by atoms with Crippen molar-refractivity contribution >= 4 is 16.8 Å². The fraction of sp³-hybridized carbons (Fsp3) is 0.632. The quantitative estimate of drug-likeness (QED) is 0.750. The molecular weight excluding hydrogens is 296 g/mol. The highest BCUT2D eigenvalue weighted by molar-refractivity contribution is 6.65. The Balaban J connectivity index is 1.84. The maximum atomic E-state index is 11.6. The summed E-state index contributed by atoms with van der Waals surface area (Å²) in [6.45, 7) is 3.76. The van der Waals surface area contributed by atoms with Gasteiger partial charge < -0.3 is 4.74 Å². The van der Waals surface area contributed by atoms with Crippen molar-refractivity contribution in [2.75, 3.05) is 7.11 Å². The number of hydrogen-bond acceptors (Lipinski definition) is 2. The topological polar surface area (TPSA) is 26.3 Å².